The number of carbonyl (C=O) groups excluding carboxylic acids is 1. The molecule has 3 aromatic rings. The summed E-state index contributed by atoms with van der Waals surface area (Å²) in [4.78, 5) is 16.7. The number of rotatable bonds is 6. The van der Waals surface area contributed by atoms with E-state index in [9.17, 15) is 13.2 Å². The molecule has 1 saturated heterocycles. The molecule has 0 unspecified atom stereocenters. The number of esters is 1. The van der Waals surface area contributed by atoms with Crippen LogP contribution in [0.15, 0.2) is 45.9 Å². The zero-order valence-corrected chi connectivity index (χ0v) is 16.7. The van der Waals surface area contributed by atoms with Crippen LogP contribution in [0.25, 0.3) is 11.0 Å². The first-order valence-electron chi connectivity index (χ1n) is 9.28. The van der Waals surface area contributed by atoms with Crippen molar-refractivity contribution in [3.63, 3.8) is 0 Å². The van der Waals surface area contributed by atoms with Crippen molar-refractivity contribution in [2.75, 3.05) is 26.3 Å². The number of benzene rings is 1. The lowest BCUT2D eigenvalue weighted by Crippen LogP contribution is -2.40. The van der Waals surface area contributed by atoms with Crippen LogP contribution >= 0.6 is 0 Å². The van der Waals surface area contributed by atoms with Crippen molar-refractivity contribution in [1.82, 2.24) is 13.9 Å². The van der Waals surface area contributed by atoms with E-state index < -0.39 is 16.0 Å². The largest absolute Gasteiger partial charge is 0.457 e. The highest BCUT2D eigenvalue weighted by Gasteiger charge is 2.27. The summed E-state index contributed by atoms with van der Waals surface area (Å²) < 4.78 is 44.6. The lowest BCUT2D eigenvalue weighted by atomic mass is 10.3. The van der Waals surface area contributed by atoms with Crippen LogP contribution in [-0.4, -0.2) is 54.5 Å². The molecular weight excluding hydrogens is 398 g/mol. The average Bonchev–Trinajstić information content (AvgIpc) is 3.39. The number of sulfonamides is 1. The Hall–Kier alpha value is -2.69. The minimum absolute atomic E-state index is 0.0480. The smallest absolute Gasteiger partial charge is 0.374 e. The molecule has 0 N–H and O–H groups in total. The van der Waals surface area contributed by atoms with Crippen LogP contribution in [0.5, 0.6) is 0 Å². The van der Waals surface area contributed by atoms with Gasteiger partial charge in [-0.15, -0.1) is 0 Å². The van der Waals surface area contributed by atoms with Crippen molar-refractivity contribution in [1.29, 1.82) is 0 Å². The second kappa shape index (κ2) is 7.97. The molecule has 3 heterocycles. The molecule has 0 atom stereocenters. The molecule has 10 heteroatoms. The molecule has 0 radical (unpaired) electrons. The third-order valence-electron chi connectivity index (χ3n) is 4.78. The number of hydrogen-bond donors (Lipinski definition) is 0. The number of furan rings is 1. The highest BCUT2D eigenvalue weighted by atomic mass is 32.2. The monoisotopic (exact) mass is 419 g/mol. The van der Waals surface area contributed by atoms with Gasteiger partial charge in [-0.25, -0.2) is 18.2 Å². The number of fused-ring (bicyclic) bond motifs is 1. The molecule has 2 aromatic heterocycles. The molecule has 0 amide bonds. The Balaban J connectivity index is 1.61. The Bertz CT molecular complexity index is 1110. The van der Waals surface area contributed by atoms with Gasteiger partial charge in [0.05, 0.1) is 35.4 Å². The molecule has 0 aliphatic carbocycles. The molecule has 154 valence electrons. The van der Waals surface area contributed by atoms with Crippen molar-refractivity contribution in [3.05, 3.63) is 48.2 Å². The van der Waals surface area contributed by atoms with Gasteiger partial charge in [0.25, 0.3) is 0 Å². The molecule has 0 bridgehead atoms. The van der Waals surface area contributed by atoms with Crippen LogP contribution < -0.4 is 0 Å². The summed E-state index contributed by atoms with van der Waals surface area (Å²) in [5.74, 6) is 0.0617. The van der Waals surface area contributed by atoms with Crippen molar-refractivity contribution in [3.8, 4) is 0 Å². The highest BCUT2D eigenvalue weighted by molar-refractivity contribution is 7.89. The van der Waals surface area contributed by atoms with Gasteiger partial charge in [0, 0.05) is 19.6 Å². The van der Waals surface area contributed by atoms with E-state index in [2.05, 4.69) is 4.98 Å². The summed E-state index contributed by atoms with van der Waals surface area (Å²) in [5.41, 5.74) is 1.31. The lowest BCUT2D eigenvalue weighted by Gasteiger charge is -2.26. The van der Waals surface area contributed by atoms with Gasteiger partial charge >= 0.3 is 5.97 Å². The van der Waals surface area contributed by atoms with Crippen molar-refractivity contribution >= 4 is 27.0 Å². The fraction of sp³-hybridized carbons (Fsp3) is 0.368. The number of aryl methyl sites for hydroxylation is 1. The summed E-state index contributed by atoms with van der Waals surface area (Å²) in [5, 5.41) is 0. The number of morpholine rings is 1. The van der Waals surface area contributed by atoms with Crippen LogP contribution in [0, 0.1) is 0 Å². The third kappa shape index (κ3) is 3.78. The number of hydrogen-bond acceptors (Lipinski definition) is 7. The van der Waals surface area contributed by atoms with Gasteiger partial charge in [-0.05, 0) is 37.3 Å². The Morgan fingerprint density at radius 2 is 2.03 bits per heavy atom. The maximum Gasteiger partial charge on any atom is 0.374 e. The molecule has 29 heavy (non-hydrogen) atoms. The number of carbonyl (C=O) groups is 1. The van der Waals surface area contributed by atoms with Crippen molar-refractivity contribution in [2.45, 2.75) is 25.0 Å². The summed E-state index contributed by atoms with van der Waals surface area (Å²) >= 11 is 0. The number of nitrogens with zero attached hydrogens (tertiary/aromatic N) is 3. The first-order valence-corrected chi connectivity index (χ1v) is 10.7. The van der Waals surface area contributed by atoms with Gasteiger partial charge in [-0.2, -0.15) is 4.31 Å². The zero-order chi connectivity index (χ0) is 20.4. The van der Waals surface area contributed by atoms with E-state index in [0.717, 1.165) is 5.52 Å². The van der Waals surface area contributed by atoms with E-state index in [1.807, 2.05) is 11.5 Å². The number of imidazole rings is 1. The Kier molecular flexibility index (Phi) is 5.39. The average molecular weight is 419 g/mol. The predicted molar refractivity (Wildman–Crippen MR) is 103 cm³/mol. The molecule has 1 fully saturated rings. The molecule has 1 aliphatic rings. The standard InChI is InChI=1S/C19H21N3O6S/c1-2-22-16-6-5-14(29(24,25)21-7-10-26-11-8-21)12-15(16)20-18(22)13-28-19(23)17-4-3-9-27-17/h3-6,9,12H,2,7-8,10-11,13H2,1H3. The fourth-order valence-corrected chi connectivity index (χ4v) is 4.74. The minimum Gasteiger partial charge on any atom is -0.457 e. The molecular formula is C19H21N3O6S. The van der Waals surface area contributed by atoms with Gasteiger partial charge in [0.2, 0.25) is 15.8 Å². The van der Waals surface area contributed by atoms with E-state index in [1.54, 1.807) is 24.3 Å². The van der Waals surface area contributed by atoms with E-state index in [0.29, 0.717) is 44.2 Å². The summed E-state index contributed by atoms with van der Waals surface area (Å²) in [7, 11) is -3.61. The maximum atomic E-state index is 12.9. The zero-order valence-electron chi connectivity index (χ0n) is 15.9. The van der Waals surface area contributed by atoms with Gasteiger partial charge < -0.3 is 18.5 Å². The van der Waals surface area contributed by atoms with E-state index >= 15 is 0 Å². The van der Waals surface area contributed by atoms with Gasteiger partial charge in [0.15, 0.2) is 0 Å². The summed E-state index contributed by atoms with van der Waals surface area (Å²) in [6.07, 6.45) is 1.40. The first-order chi connectivity index (χ1) is 14.0. The Morgan fingerprint density at radius 1 is 1.24 bits per heavy atom. The molecule has 0 spiro atoms. The van der Waals surface area contributed by atoms with Crippen LogP contribution in [0.1, 0.15) is 23.3 Å². The van der Waals surface area contributed by atoms with Crippen LogP contribution in [0.4, 0.5) is 0 Å². The second-order valence-corrected chi connectivity index (χ2v) is 8.43. The first kappa shape index (κ1) is 19.6. The van der Waals surface area contributed by atoms with Crippen LogP contribution in [-0.2, 0) is 32.6 Å². The highest BCUT2D eigenvalue weighted by Crippen LogP contribution is 2.24. The minimum atomic E-state index is -3.61. The van der Waals surface area contributed by atoms with E-state index in [1.165, 1.54) is 16.6 Å². The molecule has 0 saturated carbocycles. The number of ether oxygens (including phenoxy) is 2. The van der Waals surface area contributed by atoms with Gasteiger partial charge in [-0.1, -0.05) is 0 Å². The second-order valence-electron chi connectivity index (χ2n) is 6.49. The van der Waals surface area contributed by atoms with Crippen LogP contribution in [0.2, 0.25) is 0 Å². The maximum absolute atomic E-state index is 12.9. The van der Waals surface area contributed by atoms with Gasteiger partial charge in [-0.3, -0.25) is 0 Å². The number of aromatic nitrogens is 2. The van der Waals surface area contributed by atoms with Crippen LogP contribution in [0.3, 0.4) is 0 Å². The van der Waals surface area contributed by atoms with E-state index in [-0.39, 0.29) is 17.3 Å². The van der Waals surface area contributed by atoms with E-state index in [4.69, 9.17) is 13.9 Å². The normalized spacial score (nSPS) is 15.6. The van der Waals surface area contributed by atoms with Crippen molar-refractivity contribution < 1.29 is 27.1 Å². The third-order valence-corrected chi connectivity index (χ3v) is 6.67. The molecule has 1 aliphatic heterocycles. The quantitative estimate of drug-likeness (QED) is 0.563. The Labute approximate surface area is 167 Å². The van der Waals surface area contributed by atoms with Crippen molar-refractivity contribution in [2.24, 2.45) is 0 Å². The summed E-state index contributed by atoms with van der Waals surface area (Å²) in [6, 6.07) is 8.00. The SMILES string of the molecule is CCn1c(COC(=O)c2ccco2)nc2cc(S(=O)(=O)N3CCOCC3)ccc21. The lowest BCUT2D eigenvalue weighted by molar-refractivity contribution is 0.0422. The molecule has 4 rings (SSSR count). The topological polar surface area (TPSA) is 104 Å². The molecule has 9 nitrogen and oxygen atoms in total. The summed E-state index contributed by atoms with van der Waals surface area (Å²) in [6.45, 7) is 3.92. The van der Waals surface area contributed by atoms with Gasteiger partial charge in [0.1, 0.15) is 12.4 Å². The molecule has 1 aromatic carbocycles. The Morgan fingerprint density at radius 3 is 2.72 bits per heavy atom. The predicted octanol–water partition coefficient (Wildman–Crippen LogP) is 2.03. The fourth-order valence-electron chi connectivity index (χ4n) is 3.31.